The molecule has 166 valence electrons. The summed E-state index contributed by atoms with van der Waals surface area (Å²) in [5.41, 5.74) is 1.38. The van der Waals surface area contributed by atoms with Crippen molar-refractivity contribution in [1.29, 1.82) is 0 Å². The highest BCUT2D eigenvalue weighted by molar-refractivity contribution is 5.88. The van der Waals surface area contributed by atoms with E-state index in [2.05, 4.69) is 10.6 Å². The first-order chi connectivity index (χ1) is 15.3. The van der Waals surface area contributed by atoms with Crippen molar-refractivity contribution in [3.63, 3.8) is 0 Å². The number of fused-ring (bicyclic) bond motifs is 1. The molecule has 0 spiro atoms. The molecule has 3 aromatic rings. The molecule has 2 amide bonds. The lowest BCUT2D eigenvalue weighted by Crippen LogP contribution is -2.47. The first-order valence-corrected chi connectivity index (χ1v) is 9.82. The Bertz CT molecular complexity index is 1190. The number of aliphatic carboxylic acids is 1. The van der Waals surface area contributed by atoms with Crippen LogP contribution in [0.15, 0.2) is 63.8 Å². The van der Waals surface area contributed by atoms with Gasteiger partial charge in [0.2, 0.25) is 5.91 Å². The molecule has 32 heavy (non-hydrogen) atoms. The number of carboxylic acids is 1. The zero-order valence-electron chi connectivity index (χ0n) is 17.3. The number of hydrogen-bond donors (Lipinski definition) is 3. The van der Waals surface area contributed by atoms with Gasteiger partial charge in [0.25, 0.3) is 5.91 Å². The Labute approximate surface area is 183 Å². The van der Waals surface area contributed by atoms with Crippen molar-refractivity contribution in [1.82, 2.24) is 10.6 Å². The number of carboxylic acid groups (broad SMARTS) is 1. The Morgan fingerprint density at radius 3 is 2.53 bits per heavy atom. The quantitative estimate of drug-likeness (QED) is 0.430. The lowest BCUT2D eigenvalue weighted by atomic mass is 10.1. The van der Waals surface area contributed by atoms with E-state index in [0.29, 0.717) is 11.3 Å². The SMILES string of the molecule is Cc1cc(=O)oc2cc(OCC(=O)NCC(=O)N[C@@H](Cc3ccccc3)C(=O)O)ccc12. The van der Waals surface area contributed by atoms with E-state index in [1.54, 1.807) is 43.3 Å². The van der Waals surface area contributed by atoms with Crippen LogP contribution < -0.4 is 21.0 Å². The van der Waals surface area contributed by atoms with Gasteiger partial charge in [-0.25, -0.2) is 9.59 Å². The van der Waals surface area contributed by atoms with Crippen LogP contribution in [-0.4, -0.2) is 42.1 Å². The second-order valence-electron chi connectivity index (χ2n) is 7.12. The van der Waals surface area contributed by atoms with Gasteiger partial charge in [-0.1, -0.05) is 30.3 Å². The fraction of sp³-hybridized carbons (Fsp3) is 0.217. The third-order valence-electron chi connectivity index (χ3n) is 4.65. The molecule has 0 aliphatic heterocycles. The number of benzene rings is 2. The molecule has 0 bridgehead atoms. The van der Waals surface area contributed by atoms with Gasteiger partial charge in [-0.05, 0) is 30.2 Å². The molecule has 0 fully saturated rings. The monoisotopic (exact) mass is 438 g/mol. The van der Waals surface area contributed by atoms with Gasteiger partial charge in [0.15, 0.2) is 6.61 Å². The Hall–Kier alpha value is -4.14. The number of carbonyl (C=O) groups excluding carboxylic acids is 2. The Morgan fingerprint density at radius 2 is 1.81 bits per heavy atom. The highest BCUT2D eigenvalue weighted by Crippen LogP contribution is 2.22. The predicted octanol–water partition coefficient (Wildman–Crippen LogP) is 1.41. The lowest BCUT2D eigenvalue weighted by Gasteiger charge is -2.15. The number of carbonyl (C=O) groups is 3. The number of amides is 2. The molecule has 3 rings (SSSR count). The summed E-state index contributed by atoms with van der Waals surface area (Å²) in [6, 6.07) is 14.0. The zero-order valence-corrected chi connectivity index (χ0v) is 17.3. The van der Waals surface area contributed by atoms with Gasteiger partial charge < -0.3 is 24.9 Å². The van der Waals surface area contributed by atoms with E-state index < -0.39 is 36.0 Å². The van der Waals surface area contributed by atoms with Crippen molar-refractivity contribution in [3.05, 3.63) is 76.1 Å². The third kappa shape index (κ3) is 6.18. The number of rotatable bonds is 9. The van der Waals surface area contributed by atoms with Gasteiger partial charge in [0.1, 0.15) is 17.4 Å². The minimum atomic E-state index is -1.17. The molecule has 0 saturated heterocycles. The van der Waals surface area contributed by atoms with Gasteiger partial charge in [-0.15, -0.1) is 0 Å². The van der Waals surface area contributed by atoms with Crippen LogP contribution in [-0.2, 0) is 20.8 Å². The van der Waals surface area contributed by atoms with Crippen LogP contribution in [0.3, 0.4) is 0 Å². The highest BCUT2D eigenvalue weighted by Gasteiger charge is 2.20. The van der Waals surface area contributed by atoms with E-state index >= 15 is 0 Å². The maximum Gasteiger partial charge on any atom is 0.336 e. The average molecular weight is 438 g/mol. The fourth-order valence-electron chi connectivity index (χ4n) is 3.07. The van der Waals surface area contributed by atoms with E-state index in [4.69, 9.17) is 9.15 Å². The summed E-state index contributed by atoms with van der Waals surface area (Å²) in [5, 5.41) is 14.8. The van der Waals surface area contributed by atoms with Gasteiger partial charge in [-0.2, -0.15) is 0 Å². The summed E-state index contributed by atoms with van der Waals surface area (Å²) in [5.74, 6) is -2.06. The van der Waals surface area contributed by atoms with Gasteiger partial charge in [-0.3, -0.25) is 9.59 Å². The van der Waals surface area contributed by atoms with Gasteiger partial charge >= 0.3 is 11.6 Å². The summed E-state index contributed by atoms with van der Waals surface area (Å²) in [7, 11) is 0. The largest absolute Gasteiger partial charge is 0.484 e. The topological polar surface area (TPSA) is 135 Å². The molecule has 0 saturated carbocycles. The molecule has 9 nitrogen and oxygen atoms in total. The molecule has 0 unspecified atom stereocenters. The fourth-order valence-corrected chi connectivity index (χ4v) is 3.07. The second-order valence-corrected chi connectivity index (χ2v) is 7.12. The second kappa shape index (κ2) is 10.3. The number of ether oxygens (including phenoxy) is 1. The number of nitrogens with one attached hydrogen (secondary N) is 2. The maximum atomic E-state index is 12.1. The van der Waals surface area contributed by atoms with Gasteiger partial charge in [0, 0.05) is 23.9 Å². The van der Waals surface area contributed by atoms with Crippen LogP contribution in [0, 0.1) is 6.92 Å². The number of hydrogen-bond acceptors (Lipinski definition) is 6. The predicted molar refractivity (Wildman–Crippen MR) is 115 cm³/mol. The summed E-state index contributed by atoms with van der Waals surface area (Å²) in [6.45, 7) is 1.01. The Morgan fingerprint density at radius 1 is 1.06 bits per heavy atom. The van der Waals surface area contributed by atoms with Crippen LogP contribution in [0.1, 0.15) is 11.1 Å². The average Bonchev–Trinajstić information content (AvgIpc) is 2.76. The van der Waals surface area contributed by atoms with E-state index in [-0.39, 0.29) is 13.0 Å². The zero-order chi connectivity index (χ0) is 23.1. The molecule has 0 aliphatic rings. The van der Waals surface area contributed by atoms with Crippen molar-refractivity contribution >= 4 is 28.8 Å². The summed E-state index contributed by atoms with van der Waals surface area (Å²) >= 11 is 0. The molecule has 1 atom stereocenters. The van der Waals surface area contributed by atoms with Crippen molar-refractivity contribution < 1.29 is 28.6 Å². The van der Waals surface area contributed by atoms with Crippen molar-refractivity contribution in [2.45, 2.75) is 19.4 Å². The first-order valence-electron chi connectivity index (χ1n) is 9.82. The molecular weight excluding hydrogens is 416 g/mol. The smallest absolute Gasteiger partial charge is 0.336 e. The standard InChI is InChI=1S/C23H22N2O7/c1-14-9-22(28)32-19-11-16(7-8-17(14)19)31-13-21(27)24-12-20(26)25-18(23(29)30)10-15-5-3-2-4-6-15/h2-9,11,18H,10,12-13H2,1H3,(H,24,27)(H,25,26)(H,29,30)/t18-/m0/s1. The lowest BCUT2D eigenvalue weighted by molar-refractivity contribution is -0.141. The van der Waals surface area contributed by atoms with Crippen LogP contribution >= 0.6 is 0 Å². The van der Waals surface area contributed by atoms with E-state index in [1.165, 1.54) is 12.1 Å². The molecule has 0 radical (unpaired) electrons. The minimum Gasteiger partial charge on any atom is -0.484 e. The number of aryl methyl sites for hydroxylation is 1. The molecule has 0 aliphatic carbocycles. The Balaban J connectivity index is 1.48. The molecule has 3 N–H and O–H groups in total. The first kappa shape index (κ1) is 22.5. The van der Waals surface area contributed by atoms with E-state index in [0.717, 1.165) is 16.5 Å². The van der Waals surface area contributed by atoms with E-state index in [9.17, 15) is 24.3 Å². The summed E-state index contributed by atoms with van der Waals surface area (Å²) < 4.78 is 10.5. The molecule has 9 heteroatoms. The maximum absolute atomic E-state index is 12.1. The van der Waals surface area contributed by atoms with Gasteiger partial charge in [0.05, 0.1) is 6.54 Å². The van der Waals surface area contributed by atoms with Crippen LogP contribution in [0.2, 0.25) is 0 Å². The van der Waals surface area contributed by atoms with Crippen LogP contribution in [0.5, 0.6) is 5.75 Å². The highest BCUT2D eigenvalue weighted by atomic mass is 16.5. The normalized spacial score (nSPS) is 11.5. The summed E-state index contributed by atoms with van der Waals surface area (Å²) in [6.07, 6.45) is 0.122. The molecule has 1 aromatic heterocycles. The van der Waals surface area contributed by atoms with E-state index in [1.807, 2.05) is 6.07 Å². The summed E-state index contributed by atoms with van der Waals surface area (Å²) in [4.78, 5) is 47.0. The minimum absolute atomic E-state index is 0.122. The van der Waals surface area contributed by atoms with Crippen LogP contribution in [0.4, 0.5) is 0 Å². The van der Waals surface area contributed by atoms with Crippen molar-refractivity contribution in [2.75, 3.05) is 13.2 Å². The van der Waals surface area contributed by atoms with Crippen LogP contribution in [0.25, 0.3) is 11.0 Å². The molecule has 1 heterocycles. The van der Waals surface area contributed by atoms with Crippen molar-refractivity contribution in [2.24, 2.45) is 0 Å². The Kier molecular flexibility index (Phi) is 7.22. The molecular formula is C23H22N2O7. The third-order valence-corrected chi connectivity index (χ3v) is 4.65. The van der Waals surface area contributed by atoms with Crippen molar-refractivity contribution in [3.8, 4) is 5.75 Å². The molecule has 2 aromatic carbocycles.